The number of sulfonamides is 1. The molecule has 15 nitrogen and oxygen atoms in total. The minimum atomic E-state index is -3.76. The minimum absolute atomic E-state index is 0.0637. The van der Waals surface area contributed by atoms with Crippen molar-refractivity contribution in [3.8, 4) is 11.8 Å². The number of alkyl carbamates (subject to hydrolysis) is 1. The maximum absolute atomic E-state index is 12.8. The Labute approximate surface area is 323 Å². The summed E-state index contributed by atoms with van der Waals surface area (Å²) in [5.74, 6) is 5.57. The number of carbonyl (C=O) groups is 2. The number of pyridine rings is 1. The summed E-state index contributed by atoms with van der Waals surface area (Å²) in [6.07, 6.45) is 2.70. The maximum Gasteiger partial charge on any atom is 0.407 e. The number of hydrogen-bond donors (Lipinski definition) is 3. The van der Waals surface area contributed by atoms with Crippen LogP contribution in [0.2, 0.25) is 0 Å². The summed E-state index contributed by atoms with van der Waals surface area (Å²) in [6, 6.07) is 16.4. The highest BCUT2D eigenvalue weighted by Gasteiger charge is 2.16. The fourth-order valence-electron chi connectivity index (χ4n) is 4.29. The van der Waals surface area contributed by atoms with Crippen molar-refractivity contribution in [2.75, 3.05) is 91.1 Å². The van der Waals surface area contributed by atoms with Gasteiger partial charge < -0.3 is 43.8 Å². The summed E-state index contributed by atoms with van der Waals surface area (Å²) >= 11 is 0. The third-order valence-electron chi connectivity index (χ3n) is 6.95. The van der Waals surface area contributed by atoms with Gasteiger partial charge in [-0.3, -0.25) is 9.78 Å². The molecule has 0 radical (unpaired) electrons. The molecule has 55 heavy (non-hydrogen) atoms. The predicted molar refractivity (Wildman–Crippen MR) is 205 cm³/mol. The van der Waals surface area contributed by atoms with Gasteiger partial charge in [0.25, 0.3) is 5.91 Å². The third kappa shape index (κ3) is 20.7. The Morgan fingerprint density at radius 2 is 1.29 bits per heavy atom. The molecule has 3 aromatic rings. The van der Waals surface area contributed by atoms with E-state index in [0.717, 1.165) is 0 Å². The van der Waals surface area contributed by atoms with Crippen molar-refractivity contribution in [2.45, 2.75) is 37.8 Å². The first-order valence-electron chi connectivity index (χ1n) is 17.8. The molecule has 3 rings (SSSR count). The van der Waals surface area contributed by atoms with Crippen LogP contribution in [0.5, 0.6) is 0 Å². The zero-order valence-electron chi connectivity index (χ0n) is 31.7. The largest absolute Gasteiger partial charge is 0.444 e. The van der Waals surface area contributed by atoms with Gasteiger partial charge >= 0.3 is 6.09 Å². The van der Waals surface area contributed by atoms with E-state index in [2.05, 4.69) is 32.2 Å². The zero-order valence-corrected chi connectivity index (χ0v) is 32.5. The quantitative estimate of drug-likeness (QED) is 0.0837. The molecule has 0 bridgehead atoms. The highest BCUT2D eigenvalue weighted by atomic mass is 32.2. The lowest BCUT2D eigenvalue weighted by molar-refractivity contribution is -0.0154. The molecule has 300 valence electrons. The molecular weight excluding hydrogens is 733 g/mol. The number of hydrogen-bond acceptors (Lipinski definition) is 12. The van der Waals surface area contributed by atoms with Gasteiger partial charge in [-0.1, -0.05) is 24.0 Å². The van der Waals surface area contributed by atoms with Crippen LogP contribution in [-0.4, -0.2) is 117 Å². The van der Waals surface area contributed by atoms with Crippen LogP contribution in [0.1, 0.15) is 42.3 Å². The number of ether oxygens (including phenoxy) is 7. The Bertz CT molecular complexity index is 1710. The third-order valence-corrected chi connectivity index (χ3v) is 8.37. The Morgan fingerprint density at radius 1 is 0.727 bits per heavy atom. The maximum atomic E-state index is 12.8. The van der Waals surface area contributed by atoms with Crippen LogP contribution in [0.4, 0.5) is 10.5 Å². The molecular formula is C39H52N4O11S. The Hall–Kier alpha value is -4.44. The first kappa shape index (κ1) is 45.0. The highest BCUT2D eigenvalue weighted by Crippen LogP contribution is 2.13. The molecule has 1 heterocycles. The lowest BCUT2D eigenvalue weighted by Crippen LogP contribution is -2.34. The standard InChI is InChI=1S/C39H52N4O11S/c1-39(2,3)54-38(45)41-17-19-49-21-23-51-25-27-53-29-28-52-26-24-50-22-20-48-18-5-6-32-10-14-36(15-11-32)55(46,47)42-30-33-8-12-34(13-9-33)37(44)43-35-7-4-16-40-31-35/h4,7-16,31,42H,17-30H2,1-3H3,(H,41,45)(H,43,44). The number of nitrogens with one attached hydrogen (secondary N) is 3. The normalized spacial score (nSPS) is 11.4. The highest BCUT2D eigenvalue weighted by molar-refractivity contribution is 7.89. The van der Waals surface area contributed by atoms with E-state index in [1.807, 2.05) is 0 Å². The first-order valence-corrected chi connectivity index (χ1v) is 19.3. The Morgan fingerprint density at radius 3 is 1.84 bits per heavy atom. The molecule has 0 fully saturated rings. The van der Waals surface area contributed by atoms with Gasteiger partial charge in [-0.05, 0) is 74.9 Å². The lowest BCUT2D eigenvalue weighted by Gasteiger charge is -2.19. The van der Waals surface area contributed by atoms with Gasteiger partial charge in [0.1, 0.15) is 12.2 Å². The first-order chi connectivity index (χ1) is 26.5. The van der Waals surface area contributed by atoms with Crippen LogP contribution in [0.25, 0.3) is 0 Å². The van der Waals surface area contributed by atoms with Crippen LogP contribution in [0.3, 0.4) is 0 Å². The van der Waals surface area contributed by atoms with Gasteiger partial charge in [0.15, 0.2) is 0 Å². The number of aromatic nitrogens is 1. The van der Waals surface area contributed by atoms with E-state index < -0.39 is 21.7 Å². The van der Waals surface area contributed by atoms with Gasteiger partial charge in [-0.15, -0.1) is 0 Å². The average Bonchev–Trinajstić information content (AvgIpc) is 3.16. The smallest absolute Gasteiger partial charge is 0.407 e. The summed E-state index contributed by atoms with van der Waals surface area (Å²) in [5, 5.41) is 5.38. The van der Waals surface area contributed by atoms with E-state index in [4.69, 9.17) is 33.2 Å². The molecule has 0 unspecified atom stereocenters. The molecule has 0 aliphatic carbocycles. The average molecular weight is 785 g/mol. The van der Waals surface area contributed by atoms with E-state index in [1.54, 1.807) is 81.7 Å². The van der Waals surface area contributed by atoms with Crippen LogP contribution in [0, 0.1) is 11.8 Å². The molecule has 0 aliphatic heterocycles. The van der Waals surface area contributed by atoms with E-state index in [9.17, 15) is 18.0 Å². The van der Waals surface area contributed by atoms with E-state index in [1.165, 1.54) is 12.1 Å². The summed E-state index contributed by atoms with van der Waals surface area (Å²) in [7, 11) is -3.76. The van der Waals surface area contributed by atoms with E-state index >= 15 is 0 Å². The summed E-state index contributed by atoms with van der Waals surface area (Å²) in [6.45, 7) is 10.7. The van der Waals surface area contributed by atoms with Crippen LogP contribution in [-0.2, 0) is 49.7 Å². The summed E-state index contributed by atoms with van der Waals surface area (Å²) in [4.78, 5) is 28.0. The number of rotatable bonds is 25. The van der Waals surface area contributed by atoms with Crippen molar-refractivity contribution in [2.24, 2.45) is 0 Å². The van der Waals surface area contributed by atoms with Crippen molar-refractivity contribution in [3.63, 3.8) is 0 Å². The number of amides is 2. The SMILES string of the molecule is CC(C)(C)OC(=O)NCCOCCOCCOCCOCCOCCOCC#Cc1ccc(S(=O)(=O)NCc2ccc(C(=O)Nc3cccnc3)cc2)cc1. The molecule has 2 amide bonds. The van der Waals surface area contributed by atoms with Crippen molar-refractivity contribution in [3.05, 3.63) is 89.7 Å². The van der Waals surface area contributed by atoms with Gasteiger partial charge in [0.05, 0.1) is 89.5 Å². The van der Waals surface area contributed by atoms with Gasteiger partial charge in [-0.25, -0.2) is 17.9 Å². The monoisotopic (exact) mass is 784 g/mol. The predicted octanol–water partition coefficient (Wildman–Crippen LogP) is 3.79. The number of carbonyl (C=O) groups excluding carboxylic acids is 2. The van der Waals surface area contributed by atoms with Crippen LogP contribution < -0.4 is 15.4 Å². The number of anilines is 1. The van der Waals surface area contributed by atoms with Crippen molar-refractivity contribution < 1.29 is 51.2 Å². The van der Waals surface area contributed by atoms with Crippen LogP contribution in [0.15, 0.2) is 78.0 Å². The molecule has 16 heteroatoms. The molecule has 0 saturated heterocycles. The minimum Gasteiger partial charge on any atom is -0.444 e. The van der Waals surface area contributed by atoms with Crippen molar-refractivity contribution in [1.82, 2.24) is 15.0 Å². The van der Waals surface area contributed by atoms with Gasteiger partial charge in [0, 0.05) is 30.4 Å². The lowest BCUT2D eigenvalue weighted by atomic mass is 10.1. The fourth-order valence-corrected chi connectivity index (χ4v) is 5.31. The molecule has 0 spiro atoms. The van der Waals surface area contributed by atoms with Crippen LogP contribution >= 0.6 is 0 Å². The van der Waals surface area contributed by atoms with E-state index in [-0.39, 0.29) is 24.0 Å². The summed E-state index contributed by atoms with van der Waals surface area (Å²) in [5.41, 5.74) is 1.85. The number of nitrogens with zero attached hydrogens (tertiary/aromatic N) is 1. The summed E-state index contributed by atoms with van der Waals surface area (Å²) < 4.78 is 66.0. The molecule has 0 atom stereocenters. The van der Waals surface area contributed by atoms with Gasteiger partial charge in [0.2, 0.25) is 10.0 Å². The number of benzene rings is 2. The molecule has 1 aromatic heterocycles. The van der Waals surface area contributed by atoms with E-state index in [0.29, 0.717) is 102 Å². The molecule has 0 saturated carbocycles. The molecule has 3 N–H and O–H groups in total. The fraction of sp³-hybridized carbons (Fsp3) is 0.462. The Balaban J connectivity index is 1.13. The Kier molecular flexibility index (Phi) is 20.9. The topological polar surface area (TPSA) is 182 Å². The second kappa shape index (κ2) is 25.6. The second-order valence-electron chi connectivity index (χ2n) is 12.6. The second-order valence-corrected chi connectivity index (χ2v) is 14.4. The van der Waals surface area contributed by atoms with Gasteiger partial charge in [-0.2, -0.15) is 0 Å². The van der Waals surface area contributed by atoms with Crippen molar-refractivity contribution in [1.29, 1.82) is 0 Å². The molecule has 2 aromatic carbocycles. The zero-order chi connectivity index (χ0) is 39.6. The van der Waals surface area contributed by atoms with Crippen molar-refractivity contribution >= 4 is 27.7 Å². The molecule has 0 aliphatic rings.